The first-order chi connectivity index (χ1) is 28.2. The van der Waals surface area contributed by atoms with E-state index in [9.17, 15) is 0 Å². The predicted molar refractivity (Wildman–Crippen MR) is 242 cm³/mol. The van der Waals surface area contributed by atoms with Crippen molar-refractivity contribution in [1.82, 2.24) is 0 Å². The number of furan rings is 1. The van der Waals surface area contributed by atoms with Crippen LogP contribution in [0.25, 0.3) is 72.0 Å². The van der Waals surface area contributed by atoms with E-state index in [4.69, 9.17) is 4.42 Å². The molecule has 0 radical (unpaired) electrons. The van der Waals surface area contributed by atoms with Gasteiger partial charge in [-0.1, -0.05) is 176 Å². The van der Waals surface area contributed by atoms with Gasteiger partial charge in [-0.25, -0.2) is 0 Å². The monoisotopic (exact) mass is 731 g/mol. The number of hydrogen-bond donors (Lipinski definition) is 0. The minimum absolute atomic E-state index is 0.874. The van der Waals surface area contributed by atoms with E-state index in [-0.39, 0.29) is 0 Å². The second kappa shape index (κ2) is 15.7. The summed E-state index contributed by atoms with van der Waals surface area (Å²) in [5, 5.41) is 2.20. The lowest BCUT2D eigenvalue weighted by Crippen LogP contribution is -2.15. The van der Waals surface area contributed by atoms with Gasteiger partial charge in [-0.15, -0.1) is 0 Å². The van der Waals surface area contributed by atoms with E-state index in [0.29, 0.717) is 0 Å². The third-order valence-corrected chi connectivity index (χ3v) is 10.7. The summed E-state index contributed by atoms with van der Waals surface area (Å²) in [6.45, 7) is 6.38. The molecule has 1 aromatic heterocycles. The molecule has 2 nitrogen and oxygen atoms in total. The molecule has 0 atom stereocenters. The molecule has 0 spiro atoms. The molecular formula is C55H41NO. The number of nitrogens with zero attached hydrogens (tertiary/aromatic N) is 1. The maximum absolute atomic E-state index is 6.16. The lowest BCUT2D eigenvalue weighted by atomic mass is 9.94. The lowest BCUT2D eigenvalue weighted by Gasteiger charge is -2.27. The van der Waals surface area contributed by atoms with Gasteiger partial charge in [0.1, 0.15) is 11.2 Å². The van der Waals surface area contributed by atoms with Crippen LogP contribution < -0.4 is 4.90 Å². The van der Waals surface area contributed by atoms with E-state index in [1.54, 1.807) is 0 Å². The summed E-state index contributed by atoms with van der Waals surface area (Å²) >= 11 is 0. The van der Waals surface area contributed by atoms with Gasteiger partial charge < -0.3 is 9.32 Å². The minimum atomic E-state index is 0.874. The molecule has 0 aliphatic rings. The highest BCUT2D eigenvalue weighted by Gasteiger charge is 2.17. The number of benzene rings is 8. The molecule has 57 heavy (non-hydrogen) atoms. The smallest absolute Gasteiger partial charge is 0.135 e. The molecule has 8 aromatic carbocycles. The average molecular weight is 732 g/mol. The zero-order chi connectivity index (χ0) is 38.6. The fraction of sp³-hybridized carbons (Fsp3) is 0.0182. The zero-order valence-electron chi connectivity index (χ0n) is 31.8. The van der Waals surface area contributed by atoms with Crippen molar-refractivity contribution >= 4 is 38.9 Å². The highest BCUT2D eigenvalue weighted by Crippen LogP contribution is 2.39. The third-order valence-electron chi connectivity index (χ3n) is 10.7. The highest BCUT2D eigenvalue weighted by atomic mass is 16.3. The minimum Gasteiger partial charge on any atom is -0.456 e. The summed E-state index contributed by atoms with van der Waals surface area (Å²) in [6, 6.07) is 70.9. The molecule has 0 unspecified atom stereocenters. The highest BCUT2D eigenvalue weighted by molar-refractivity contribution is 6.06. The van der Waals surface area contributed by atoms with E-state index >= 15 is 0 Å². The number of fused-ring (bicyclic) bond motifs is 3. The number of hydrogen-bond acceptors (Lipinski definition) is 2. The molecule has 0 aliphatic carbocycles. The van der Waals surface area contributed by atoms with Crippen molar-refractivity contribution in [2.75, 3.05) is 4.90 Å². The molecule has 0 saturated carbocycles. The first kappa shape index (κ1) is 35.3. The Morgan fingerprint density at radius 2 is 0.895 bits per heavy atom. The largest absolute Gasteiger partial charge is 0.456 e. The molecule has 0 aliphatic heterocycles. The first-order valence-corrected chi connectivity index (χ1v) is 19.4. The number of allylic oxidation sites excluding steroid dienone is 4. The van der Waals surface area contributed by atoms with Crippen LogP contribution in [0.3, 0.4) is 0 Å². The van der Waals surface area contributed by atoms with Gasteiger partial charge in [0.25, 0.3) is 0 Å². The van der Waals surface area contributed by atoms with Crippen LogP contribution in [-0.4, -0.2) is 0 Å². The van der Waals surface area contributed by atoms with Gasteiger partial charge in [0.05, 0.1) is 0 Å². The second-order valence-electron chi connectivity index (χ2n) is 14.1. The number of para-hydroxylation sites is 1. The standard InChI is InChI=1S/C55H41NO/c1-3-39(44-31-36-55-53(38-44)52-25-15-16-26-54(52)57-55)37-45(4-2)56(46-32-27-42(28-33-46)50-23-13-11-21-48(50)40-17-7-5-8-18-40)47-34-29-43(30-35-47)51-24-14-12-22-49(51)41-19-9-6-10-20-41/h3-38H,1H2,2H3/b39-37+,45-4+. The molecule has 9 aromatic rings. The van der Waals surface area contributed by atoms with Crippen LogP contribution >= 0.6 is 0 Å². The Labute approximate surface area is 334 Å². The summed E-state index contributed by atoms with van der Waals surface area (Å²) in [5.41, 5.74) is 16.5. The van der Waals surface area contributed by atoms with Crippen LogP contribution in [0, 0.1) is 0 Å². The molecule has 1 heterocycles. The average Bonchev–Trinajstić information content (AvgIpc) is 3.67. The van der Waals surface area contributed by atoms with Crippen LogP contribution in [0.5, 0.6) is 0 Å². The quantitative estimate of drug-likeness (QED) is 0.130. The SMILES string of the molecule is C=C/C(=C\C(=C/C)N(c1ccc(-c2ccccc2-c2ccccc2)cc1)c1ccc(-c2ccccc2-c2ccccc2)cc1)c1ccc2oc3ccccc3c2c1. The van der Waals surface area contributed by atoms with Crippen molar-refractivity contribution in [2.24, 2.45) is 0 Å². The molecule has 0 fully saturated rings. The zero-order valence-corrected chi connectivity index (χ0v) is 31.8. The van der Waals surface area contributed by atoms with E-state index < -0.39 is 0 Å². The Kier molecular flexibility index (Phi) is 9.75. The molecule has 0 bridgehead atoms. The van der Waals surface area contributed by atoms with Crippen LogP contribution in [0.15, 0.2) is 235 Å². The van der Waals surface area contributed by atoms with Gasteiger partial charge in [-0.2, -0.15) is 0 Å². The maximum atomic E-state index is 6.16. The fourth-order valence-corrected chi connectivity index (χ4v) is 7.84. The summed E-state index contributed by atoms with van der Waals surface area (Å²) in [6.07, 6.45) is 6.35. The molecule has 2 heteroatoms. The molecule has 0 saturated heterocycles. The second-order valence-corrected chi connectivity index (χ2v) is 14.1. The van der Waals surface area contributed by atoms with Crippen molar-refractivity contribution in [3.8, 4) is 44.5 Å². The molecule has 0 N–H and O–H groups in total. The normalized spacial score (nSPS) is 11.9. The van der Waals surface area contributed by atoms with Crippen molar-refractivity contribution < 1.29 is 4.42 Å². The van der Waals surface area contributed by atoms with Crippen LogP contribution in [0.1, 0.15) is 12.5 Å². The Hall–Kier alpha value is -7.42. The van der Waals surface area contributed by atoms with Gasteiger partial charge >= 0.3 is 0 Å². The van der Waals surface area contributed by atoms with Crippen molar-refractivity contribution in [3.63, 3.8) is 0 Å². The Bertz CT molecular complexity index is 2770. The van der Waals surface area contributed by atoms with Crippen molar-refractivity contribution in [3.05, 3.63) is 236 Å². The van der Waals surface area contributed by atoms with Gasteiger partial charge in [-0.05, 0) is 111 Å². The fourth-order valence-electron chi connectivity index (χ4n) is 7.84. The predicted octanol–water partition coefficient (Wildman–Crippen LogP) is 15.6. The van der Waals surface area contributed by atoms with Crippen LogP contribution in [0.2, 0.25) is 0 Å². The topological polar surface area (TPSA) is 16.4 Å². The van der Waals surface area contributed by atoms with E-state index in [2.05, 4.69) is 219 Å². The summed E-state index contributed by atoms with van der Waals surface area (Å²) in [4.78, 5) is 2.33. The molecule has 272 valence electrons. The van der Waals surface area contributed by atoms with Crippen molar-refractivity contribution in [2.45, 2.75) is 6.92 Å². The lowest BCUT2D eigenvalue weighted by molar-refractivity contribution is 0.669. The Morgan fingerprint density at radius 3 is 1.39 bits per heavy atom. The van der Waals surface area contributed by atoms with Crippen LogP contribution in [0.4, 0.5) is 11.4 Å². The van der Waals surface area contributed by atoms with E-state index in [1.807, 2.05) is 18.2 Å². The van der Waals surface area contributed by atoms with Gasteiger partial charge in [0.2, 0.25) is 0 Å². The van der Waals surface area contributed by atoms with Gasteiger partial charge in [0, 0.05) is 27.8 Å². The van der Waals surface area contributed by atoms with Crippen molar-refractivity contribution in [1.29, 1.82) is 0 Å². The number of anilines is 2. The van der Waals surface area contributed by atoms with E-state index in [1.165, 1.54) is 33.4 Å². The molecule has 9 rings (SSSR count). The summed E-state index contributed by atoms with van der Waals surface area (Å²) in [7, 11) is 0. The van der Waals surface area contributed by atoms with Gasteiger partial charge in [0.15, 0.2) is 0 Å². The third kappa shape index (κ3) is 7.01. The Balaban J connectivity index is 1.14. The molecular weight excluding hydrogens is 691 g/mol. The summed E-state index contributed by atoms with van der Waals surface area (Å²) < 4.78 is 6.16. The van der Waals surface area contributed by atoms with Gasteiger partial charge in [-0.3, -0.25) is 0 Å². The number of rotatable bonds is 10. The van der Waals surface area contributed by atoms with E-state index in [0.717, 1.165) is 61.3 Å². The maximum Gasteiger partial charge on any atom is 0.135 e. The Morgan fingerprint density at radius 1 is 0.456 bits per heavy atom. The van der Waals surface area contributed by atoms with Crippen LogP contribution in [-0.2, 0) is 0 Å². The first-order valence-electron chi connectivity index (χ1n) is 19.4. The molecule has 0 amide bonds. The summed E-state index contributed by atoms with van der Waals surface area (Å²) in [5.74, 6) is 0.